The third-order valence-corrected chi connectivity index (χ3v) is 6.06. The fourth-order valence-electron chi connectivity index (χ4n) is 3.73. The lowest BCUT2D eigenvalue weighted by atomic mass is 10.1. The number of rotatable bonds is 5. The summed E-state index contributed by atoms with van der Waals surface area (Å²) in [7, 11) is 0. The van der Waals surface area contributed by atoms with Gasteiger partial charge in [0.15, 0.2) is 5.82 Å². The van der Waals surface area contributed by atoms with Crippen LogP contribution in [0, 0.1) is 19.7 Å². The maximum Gasteiger partial charge on any atom is 0.253 e. The molecule has 30 heavy (non-hydrogen) atoms. The van der Waals surface area contributed by atoms with E-state index >= 15 is 4.39 Å². The van der Waals surface area contributed by atoms with E-state index in [1.807, 2.05) is 6.92 Å². The zero-order valence-corrected chi connectivity index (χ0v) is 17.3. The van der Waals surface area contributed by atoms with Crippen LogP contribution in [0.3, 0.4) is 0 Å². The number of fused-ring (bicyclic) bond motifs is 1. The number of carbonyl (C=O) groups excluding carboxylic acids is 1. The Morgan fingerprint density at radius 3 is 2.70 bits per heavy atom. The van der Waals surface area contributed by atoms with E-state index in [0.717, 1.165) is 10.4 Å². The molecule has 0 aliphatic carbocycles. The smallest absolute Gasteiger partial charge is 0.253 e. The molecule has 3 heterocycles. The van der Waals surface area contributed by atoms with Gasteiger partial charge in [-0.05, 0) is 38.3 Å². The predicted octanol–water partition coefficient (Wildman–Crippen LogP) is 3.41. The fourth-order valence-corrected chi connectivity index (χ4v) is 4.33. The first-order chi connectivity index (χ1) is 14.3. The molecule has 7 nitrogen and oxygen atoms in total. The molecular weight excluding hydrogens is 405 g/mol. The summed E-state index contributed by atoms with van der Waals surface area (Å²) in [6, 6.07) is 3.26. The van der Waals surface area contributed by atoms with Gasteiger partial charge in [-0.2, -0.15) is 0 Å². The van der Waals surface area contributed by atoms with E-state index in [4.69, 9.17) is 11.5 Å². The standard InChI is InChI=1S/C21H20FN5O2S/c1-10-3-6-15(28)11(2)18(10)27-19-13(16(20(27)23)21(24)29)8-26-14(17(19)22)5-4-12-7-25-9-30-12/h3,6-9,28H,4-5,23H2,1-2H3,(H2,24,29). The van der Waals surface area contributed by atoms with Crippen LogP contribution in [-0.2, 0) is 12.8 Å². The Labute approximate surface area is 175 Å². The number of hydrogen-bond acceptors (Lipinski definition) is 6. The number of nitrogens with zero attached hydrogens (tertiary/aromatic N) is 3. The molecule has 3 aromatic heterocycles. The van der Waals surface area contributed by atoms with E-state index in [1.165, 1.54) is 22.1 Å². The zero-order valence-electron chi connectivity index (χ0n) is 16.4. The second-order valence-corrected chi connectivity index (χ2v) is 8.05. The number of primary amides is 1. The van der Waals surface area contributed by atoms with Crippen molar-refractivity contribution in [3.8, 4) is 11.4 Å². The molecule has 1 aromatic carbocycles. The normalized spacial score (nSPS) is 11.3. The molecule has 4 aromatic rings. The van der Waals surface area contributed by atoms with Crippen molar-refractivity contribution in [2.24, 2.45) is 5.73 Å². The van der Waals surface area contributed by atoms with E-state index in [0.29, 0.717) is 24.1 Å². The highest BCUT2D eigenvalue weighted by molar-refractivity contribution is 7.09. The maximum atomic E-state index is 15.7. The van der Waals surface area contributed by atoms with Crippen molar-refractivity contribution in [2.75, 3.05) is 5.73 Å². The minimum atomic E-state index is -0.773. The number of hydrogen-bond donors (Lipinski definition) is 3. The van der Waals surface area contributed by atoms with Gasteiger partial charge < -0.3 is 16.6 Å². The predicted molar refractivity (Wildman–Crippen MR) is 115 cm³/mol. The molecule has 5 N–H and O–H groups in total. The number of halogens is 1. The Morgan fingerprint density at radius 1 is 1.27 bits per heavy atom. The summed E-state index contributed by atoms with van der Waals surface area (Å²) in [6.45, 7) is 3.53. The molecule has 0 saturated carbocycles. The summed E-state index contributed by atoms with van der Waals surface area (Å²) in [6.07, 6.45) is 4.12. The van der Waals surface area contributed by atoms with Crippen molar-refractivity contribution >= 4 is 34.0 Å². The van der Waals surface area contributed by atoms with Crippen molar-refractivity contribution in [1.29, 1.82) is 0 Å². The largest absolute Gasteiger partial charge is 0.508 e. The van der Waals surface area contributed by atoms with Gasteiger partial charge in [0, 0.05) is 28.2 Å². The van der Waals surface area contributed by atoms with Crippen molar-refractivity contribution in [3.05, 3.63) is 63.1 Å². The van der Waals surface area contributed by atoms with Gasteiger partial charge in [-0.3, -0.25) is 19.3 Å². The summed E-state index contributed by atoms with van der Waals surface area (Å²) in [4.78, 5) is 21.4. The Hall–Kier alpha value is -3.46. The number of benzene rings is 1. The van der Waals surface area contributed by atoms with Gasteiger partial charge >= 0.3 is 0 Å². The third kappa shape index (κ3) is 3.07. The number of aromatic nitrogens is 3. The molecule has 0 bridgehead atoms. The number of nitrogens with two attached hydrogens (primary N) is 2. The molecule has 0 aliphatic rings. The molecule has 0 unspecified atom stereocenters. The number of aryl methyl sites for hydroxylation is 3. The number of nitrogen functional groups attached to an aromatic ring is 1. The van der Waals surface area contributed by atoms with Crippen LogP contribution in [0.25, 0.3) is 16.6 Å². The zero-order chi connectivity index (χ0) is 21.6. The second kappa shape index (κ2) is 7.42. The summed E-state index contributed by atoms with van der Waals surface area (Å²) < 4.78 is 17.2. The topological polar surface area (TPSA) is 120 Å². The number of aromatic hydroxyl groups is 1. The minimum Gasteiger partial charge on any atom is -0.508 e. The third-order valence-electron chi connectivity index (χ3n) is 5.22. The number of anilines is 1. The summed E-state index contributed by atoms with van der Waals surface area (Å²) in [5, 5.41) is 10.5. The minimum absolute atomic E-state index is 0.00699. The van der Waals surface area contributed by atoms with E-state index in [9.17, 15) is 9.90 Å². The van der Waals surface area contributed by atoms with Crippen LogP contribution < -0.4 is 11.5 Å². The lowest BCUT2D eigenvalue weighted by molar-refractivity contribution is 0.100. The molecule has 4 rings (SSSR count). The van der Waals surface area contributed by atoms with Crippen molar-refractivity contribution in [2.45, 2.75) is 26.7 Å². The first kappa shape index (κ1) is 19.8. The highest BCUT2D eigenvalue weighted by Gasteiger charge is 2.26. The summed E-state index contributed by atoms with van der Waals surface area (Å²) in [5.41, 5.74) is 15.7. The Kier molecular flexibility index (Phi) is 4.90. The maximum absolute atomic E-state index is 15.7. The van der Waals surface area contributed by atoms with E-state index < -0.39 is 11.7 Å². The van der Waals surface area contributed by atoms with Gasteiger partial charge in [-0.25, -0.2) is 4.39 Å². The van der Waals surface area contributed by atoms with Crippen LogP contribution in [0.4, 0.5) is 10.2 Å². The first-order valence-electron chi connectivity index (χ1n) is 9.25. The SMILES string of the molecule is Cc1ccc(O)c(C)c1-n1c(N)c(C(N)=O)c2cnc(CCc3cncs3)c(F)c21. The van der Waals surface area contributed by atoms with Crippen molar-refractivity contribution in [1.82, 2.24) is 14.5 Å². The number of amides is 1. The van der Waals surface area contributed by atoms with E-state index in [1.54, 1.807) is 30.8 Å². The molecular formula is C21H20FN5O2S. The highest BCUT2D eigenvalue weighted by Crippen LogP contribution is 2.37. The lowest BCUT2D eigenvalue weighted by Gasteiger charge is -2.16. The Balaban J connectivity index is 1.99. The highest BCUT2D eigenvalue weighted by atomic mass is 32.1. The van der Waals surface area contributed by atoms with Crippen LogP contribution in [-0.4, -0.2) is 25.5 Å². The van der Waals surface area contributed by atoms with Crippen molar-refractivity contribution < 1.29 is 14.3 Å². The van der Waals surface area contributed by atoms with Crippen LogP contribution >= 0.6 is 11.3 Å². The first-order valence-corrected chi connectivity index (χ1v) is 10.1. The molecule has 0 saturated heterocycles. The second-order valence-electron chi connectivity index (χ2n) is 7.08. The summed E-state index contributed by atoms with van der Waals surface area (Å²) >= 11 is 1.49. The van der Waals surface area contributed by atoms with Crippen LogP contribution in [0.15, 0.2) is 30.0 Å². The molecule has 0 aliphatic heterocycles. The van der Waals surface area contributed by atoms with Crippen LogP contribution in [0.2, 0.25) is 0 Å². The molecule has 154 valence electrons. The Morgan fingerprint density at radius 2 is 2.03 bits per heavy atom. The number of thiazole rings is 1. The fraction of sp³-hybridized carbons (Fsp3) is 0.190. The molecule has 1 amide bonds. The van der Waals surface area contributed by atoms with E-state index in [-0.39, 0.29) is 33.7 Å². The van der Waals surface area contributed by atoms with Gasteiger partial charge in [0.25, 0.3) is 5.91 Å². The van der Waals surface area contributed by atoms with E-state index in [2.05, 4.69) is 9.97 Å². The van der Waals surface area contributed by atoms with Gasteiger partial charge in [0.1, 0.15) is 11.6 Å². The molecule has 0 radical (unpaired) electrons. The molecule has 0 atom stereocenters. The quantitative estimate of drug-likeness (QED) is 0.453. The molecule has 0 spiro atoms. The van der Waals surface area contributed by atoms with Crippen LogP contribution in [0.5, 0.6) is 5.75 Å². The number of phenolic OH excluding ortho intramolecular Hbond substituents is 1. The van der Waals surface area contributed by atoms with Gasteiger partial charge in [-0.15, -0.1) is 11.3 Å². The number of pyridine rings is 1. The monoisotopic (exact) mass is 425 g/mol. The molecule has 0 fully saturated rings. The van der Waals surface area contributed by atoms with Gasteiger partial charge in [-0.1, -0.05) is 6.07 Å². The number of phenols is 1. The average Bonchev–Trinajstić information content (AvgIpc) is 3.31. The van der Waals surface area contributed by atoms with Gasteiger partial charge in [0.05, 0.1) is 28.0 Å². The molecule has 9 heteroatoms. The van der Waals surface area contributed by atoms with Gasteiger partial charge in [0.2, 0.25) is 0 Å². The number of carbonyl (C=O) groups is 1. The van der Waals surface area contributed by atoms with Crippen LogP contribution in [0.1, 0.15) is 32.1 Å². The Bertz CT molecular complexity index is 1280. The summed E-state index contributed by atoms with van der Waals surface area (Å²) in [5.74, 6) is -1.30. The lowest BCUT2D eigenvalue weighted by Crippen LogP contribution is -2.14. The van der Waals surface area contributed by atoms with Crippen molar-refractivity contribution in [3.63, 3.8) is 0 Å². The average molecular weight is 425 g/mol.